The van der Waals surface area contributed by atoms with E-state index in [0.29, 0.717) is 76.8 Å². The number of nitrogens with zero attached hydrogens (tertiary/aromatic N) is 4. The molecule has 0 atom stereocenters. The van der Waals surface area contributed by atoms with Crippen molar-refractivity contribution in [2.75, 3.05) is 72.1 Å². The van der Waals surface area contributed by atoms with Crippen LogP contribution in [0.1, 0.15) is 18.4 Å². The number of carbonyl (C=O) groups is 2. The molecule has 1 aromatic rings. The Morgan fingerprint density at radius 2 is 1.45 bits per heavy atom. The Kier molecular flexibility index (Phi) is 7.68. The lowest BCUT2D eigenvalue weighted by Crippen LogP contribution is -2.55. The number of sulfonamides is 1. The van der Waals surface area contributed by atoms with E-state index in [1.165, 1.54) is 4.31 Å². The van der Waals surface area contributed by atoms with E-state index in [-0.39, 0.29) is 17.7 Å². The Hall–Kier alpha value is -2.01. The second-order valence-electron chi connectivity index (χ2n) is 9.09. The molecule has 3 saturated heterocycles. The Morgan fingerprint density at radius 3 is 2.06 bits per heavy atom. The summed E-state index contributed by atoms with van der Waals surface area (Å²) >= 11 is 0. The van der Waals surface area contributed by atoms with Gasteiger partial charge in [0.15, 0.2) is 0 Å². The minimum atomic E-state index is -3.53. The highest BCUT2D eigenvalue weighted by atomic mass is 32.2. The number of piperidine rings is 1. The zero-order valence-corrected chi connectivity index (χ0v) is 20.1. The molecule has 0 unspecified atom stereocenters. The summed E-state index contributed by atoms with van der Waals surface area (Å²) in [6.07, 6.45) is 1.06. The minimum absolute atomic E-state index is 0.0858. The Morgan fingerprint density at radius 1 is 0.879 bits per heavy atom. The molecule has 4 rings (SSSR count). The maximum Gasteiger partial charge on any atom is 0.243 e. The summed E-state index contributed by atoms with van der Waals surface area (Å²) in [5.41, 5.74) is 1.01. The molecule has 3 aliphatic rings. The van der Waals surface area contributed by atoms with Crippen molar-refractivity contribution < 1.29 is 22.7 Å². The summed E-state index contributed by atoms with van der Waals surface area (Å²) in [4.78, 5) is 31.7. The lowest BCUT2D eigenvalue weighted by atomic mass is 9.96. The summed E-state index contributed by atoms with van der Waals surface area (Å²) in [7, 11) is -3.53. The third-order valence-corrected chi connectivity index (χ3v) is 8.78. The van der Waals surface area contributed by atoms with Gasteiger partial charge in [-0.1, -0.05) is 17.7 Å². The monoisotopic (exact) mass is 478 g/mol. The van der Waals surface area contributed by atoms with E-state index in [1.807, 2.05) is 16.7 Å². The highest BCUT2D eigenvalue weighted by Crippen LogP contribution is 2.25. The molecule has 0 N–H and O–H groups in total. The molecular formula is C23H34N4O5S. The van der Waals surface area contributed by atoms with Gasteiger partial charge in [0, 0.05) is 58.3 Å². The van der Waals surface area contributed by atoms with Crippen molar-refractivity contribution in [1.82, 2.24) is 19.0 Å². The third kappa shape index (κ3) is 5.74. The smallest absolute Gasteiger partial charge is 0.243 e. The highest BCUT2D eigenvalue weighted by Gasteiger charge is 2.35. The number of rotatable bonds is 5. The van der Waals surface area contributed by atoms with Gasteiger partial charge in [0.1, 0.15) is 0 Å². The van der Waals surface area contributed by atoms with E-state index >= 15 is 0 Å². The van der Waals surface area contributed by atoms with Crippen molar-refractivity contribution in [3.63, 3.8) is 0 Å². The molecule has 3 aliphatic heterocycles. The topological polar surface area (TPSA) is 90.5 Å². The van der Waals surface area contributed by atoms with Gasteiger partial charge in [0.05, 0.1) is 24.7 Å². The van der Waals surface area contributed by atoms with Crippen molar-refractivity contribution in [2.45, 2.75) is 24.7 Å². The number of hydrogen-bond acceptors (Lipinski definition) is 6. The summed E-state index contributed by atoms with van der Waals surface area (Å²) in [5, 5.41) is 0. The number of amides is 2. The van der Waals surface area contributed by atoms with Crippen LogP contribution in [0.4, 0.5) is 0 Å². The number of benzene rings is 1. The zero-order chi connectivity index (χ0) is 23.4. The molecule has 1 aromatic carbocycles. The lowest BCUT2D eigenvalue weighted by molar-refractivity contribution is -0.143. The van der Waals surface area contributed by atoms with E-state index < -0.39 is 10.0 Å². The first-order valence-electron chi connectivity index (χ1n) is 11.8. The molecule has 0 spiro atoms. The number of piperazine rings is 1. The van der Waals surface area contributed by atoms with Gasteiger partial charge in [-0.05, 0) is 31.9 Å². The molecule has 10 heteroatoms. The molecule has 0 radical (unpaired) electrons. The number of morpholine rings is 1. The van der Waals surface area contributed by atoms with Crippen molar-refractivity contribution in [3.8, 4) is 0 Å². The average molecular weight is 479 g/mol. The molecule has 182 valence electrons. The van der Waals surface area contributed by atoms with Gasteiger partial charge < -0.3 is 14.5 Å². The Bertz CT molecular complexity index is 930. The predicted octanol–water partition coefficient (Wildman–Crippen LogP) is 0.399. The van der Waals surface area contributed by atoms with Gasteiger partial charge in [0.25, 0.3) is 0 Å². The molecule has 33 heavy (non-hydrogen) atoms. The van der Waals surface area contributed by atoms with Gasteiger partial charge in [-0.15, -0.1) is 0 Å². The van der Waals surface area contributed by atoms with Crippen LogP contribution in [-0.2, 0) is 24.3 Å². The summed E-state index contributed by atoms with van der Waals surface area (Å²) in [6.45, 7) is 8.11. The Labute approximate surface area is 196 Å². The fourth-order valence-corrected chi connectivity index (χ4v) is 6.16. The predicted molar refractivity (Wildman–Crippen MR) is 123 cm³/mol. The fraction of sp³-hybridized carbons (Fsp3) is 0.652. The van der Waals surface area contributed by atoms with Gasteiger partial charge in [-0.3, -0.25) is 14.5 Å². The van der Waals surface area contributed by atoms with Crippen molar-refractivity contribution in [2.24, 2.45) is 5.92 Å². The maximum atomic E-state index is 13.0. The standard InChI is InChI=1S/C23H34N4O5S/c1-19-2-4-21(5-3-19)33(30,31)27-8-6-20(7-9-27)23(29)26-12-10-25(11-13-26)22(28)18-24-14-16-32-17-15-24/h2-5,20H,6-18H2,1H3. The summed E-state index contributed by atoms with van der Waals surface area (Å²) in [6, 6.07) is 6.88. The van der Waals surface area contributed by atoms with Gasteiger partial charge in [0.2, 0.25) is 21.8 Å². The molecule has 0 bridgehead atoms. The molecule has 0 aromatic heterocycles. The van der Waals surface area contributed by atoms with Crippen LogP contribution in [0.3, 0.4) is 0 Å². The Balaban J connectivity index is 1.24. The first kappa shape index (κ1) is 24.1. The normalized spacial score (nSPS) is 21.8. The van der Waals surface area contributed by atoms with Gasteiger partial charge in [-0.25, -0.2) is 8.42 Å². The van der Waals surface area contributed by atoms with Crippen LogP contribution < -0.4 is 0 Å². The van der Waals surface area contributed by atoms with Gasteiger partial charge >= 0.3 is 0 Å². The van der Waals surface area contributed by atoms with Crippen LogP contribution in [0.5, 0.6) is 0 Å². The zero-order valence-electron chi connectivity index (χ0n) is 19.3. The minimum Gasteiger partial charge on any atom is -0.379 e. The number of carbonyl (C=O) groups excluding carboxylic acids is 2. The first-order valence-corrected chi connectivity index (χ1v) is 13.2. The van der Waals surface area contributed by atoms with Crippen LogP contribution >= 0.6 is 0 Å². The molecule has 2 amide bonds. The van der Waals surface area contributed by atoms with Crippen LogP contribution in [0.15, 0.2) is 29.2 Å². The summed E-state index contributed by atoms with van der Waals surface area (Å²) in [5.74, 6) is 0.0337. The molecular weight excluding hydrogens is 444 g/mol. The van der Waals surface area contributed by atoms with E-state index in [1.54, 1.807) is 24.3 Å². The highest BCUT2D eigenvalue weighted by molar-refractivity contribution is 7.89. The quantitative estimate of drug-likeness (QED) is 0.609. The SMILES string of the molecule is Cc1ccc(S(=O)(=O)N2CCC(C(=O)N3CCN(C(=O)CN4CCOCC4)CC3)CC2)cc1. The number of ether oxygens (including phenoxy) is 1. The number of hydrogen-bond donors (Lipinski definition) is 0. The maximum absolute atomic E-state index is 13.0. The van der Waals surface area contributed by atoms with Crippen molar-refractivity contribution >= 4 is 21.8 Å². The van der Waals surface area contributed by atoms with Crippen LogP contribution in [0, 0.1) is 12.8 Å². The first-order chi connectivity index (χ1) is 15.8. The van der Waals surface area contributed by atoms with E-state index in [2.05, 4.69) is 4.90 Å². The molecule has 3 fully saturated rings. The van der Waals surface area contributed by atoms with Gasteiger partial charge in [-0.2, -0.15) is 4.31 Å². The van der Waals surface area contributed by atoms with Crippen molar-refractivity contribution in [1.29, 1.82) is 0 Å². The molecule has 0 saturated carbocycles. The van der Waals surface area contributed by atoms with Crippen LogP contribution in [0.2, 0.25) is 0 Å². The average Bonchev–Trinajstić information content (AvgIpc) is 2.84. The van der Waals surface area contributed by atoms with E-state index in [0.717, 1.165) is 18.7 Å². The second-order valence-corrected chi connectivity index (χ2v) is 11.0. The van der Waals surface area contributed by atoms with Crippen LogP contribution in [0.25, 0.3) is 0 Å². The summed E-state index contributed by atoms with van der Waals surface area (Å²) < 4.78 is 32.6. The lowest BCUT2D eigenvalue weighted by Gasteiger charge is -2.39. The largest absolute Gasteiger partial charge is 0.379 e. The molecule has 9 nitrogen and oxygen atoms in total. The van der Waals surface area contributed by atoms with E-state index in [4.69, 9.17) is 4.74 Å². The molecule has 0 aliphatic carbocycles. The second kappa shape index (κ2) is 10.5. The fourth-order valence-electron chi connectivity index (χ4n) is 4.69. The van der Waals surface area contributed by atoms with E-state index in [9.17, 15) is 18.0 Å². The number of aryl methyl sites for hydroxylation is 1. The third-order valence-electron chi connectivity index (χ3n) is 6.87. The molecule has 3 heterocycles. The van der Waals surface area contributed by atoms with Crippen molar-refractivity contribution in [3.05, 3.63) is 29.8 Å². The van der Waals surface area contributed by atoms with Crippen LogP contribution in [-0.4, -0.2) is 111 Å².